The Balaban J connectivity index is 2.75. The first-order valence-corrected chi connectivity index (χ1v) is 6.65. The van der Waals surface area contributed by atoms with Crippen LogP contribution in [0, 0.1) is 5.92 Å². The van der Waals surface area contributed by atoms with Crippen molar-refractivity contribution in [2.45, 2.75) is 19.8 Å². The van der Waals surface area contributed by atoms with Gasteiger partial charge in [0.2, 0.25) is 0 Å². The molecule has 104 valence electrons. The molecular weight excluding hydrogens is 240 g/mol. The minimum Gasteiger partial charge on any atom is -0.463 e. The van der Waals surface area contributed by atoms with E-state index in [0.29, 0.717) is 13.2 Å². The highest BCUT2D eigenvalue weighted by Crippen LogP contribution is 2.21. The molecule has 1 aliphatic rings. The van der Waals surface area contributed by atoms with Gasteiger partial charge in [-0.3, -0.25) is 0 Å². The van der Waals surface area contributed by atoms with Gasteiger partial charge in [-0.1, -0.05) is 42.0 Å². The van der Waals surface area contributed by atoms with Crippen LogP contribution in [0.1, 0.15) is 19.8 Å². The summed E-state index contributed by atoms with van der Waals surface area (Å²) in [6.07, 6.45) is 15.5. The molecule has 0 N–H and O–H groups in total. The van der Waals surface area contributed by atoms with Gasteiger partial charge in [0.05, 0.1) is 6.61 Å². The summed E-state index contributed by atoms with van der Waals surface area (Å²) in [5.74, 6) is -0.120. The third-order valence-corrected chi connectivity index (χ3v) is 2.80. The van der Waals surface area contributed by atoms with Crippen LogP contribution in [-0.4, -0.2) is 26.3 Å². The summed E-state index contributed by atoms with van der Waals surface area (Å²) in [6.45, 7) is 2.91. The van der Waals surface area contributed by atoms with Gasteiger partial charge in [-0.05, 0) is 19.8 Å². The zero-order valence-electron chi connectivity index (χ0n) is 11.7. The molecule has 0 fully saturated rings. The van der Waals surface area contributed by atoms with Crippen LogP contribution in [0.25, 0.3) is 0 Å². The quantitative estimate of drug-likeness (QED) is 0.401. The Hall–Kier alpha value is -1.61. The Labute approximate surface area is 115 Å². The van der Waals surface area contributed by atoms with Crippen LogP contribution in [0.3, 0.4) is 0 Å². The van der Waals surface area contributed by atoms with Gasteiger partial charge in [-0.25, -0.2) is 4.79 Å². The van der Waals surface area contributed by atoms with E-state index >= 15 is 0 Å². The minimum atomic E-state index is -0.270. The third kappa shape index (κ3) is 6.20. The van der Waals surface area contributed by atoms with Crippen LogP contribution in [0.15, 0.2) is 48.1 Å². The van der Waals surface area contributed by atoms with E-state index in [1.54, 1.807) is 13.2 Å². The van der Waals surface area contributed by atoms with Gasteiger partial charge < -0.3 is 9.47 Å². The summed E-state index contributed by atoms with van der Waals surface area (Å²) in [6, 6.07) is 0. The lowest BCUT2D eigenvalue weighted by atomic mass is 9.94. The highest BCUT2D eigenvalue weighted by Gasteiger charge is 2.11. The van der Waals surface area contributed by atoms with Crippen LogP contribution < -0.4 is 0 Å². The number of methoxy groups -OCH3 is 1. The molecule has 0 aromatic rings. The zero-order chi connectivity index (χ0) is 13.9. The van der Waals surface area contributed by atoms with Gasteiger partial charge in [0.15, 0.2) is 0 Å². The monoisotopic (exact) mass is 262 g/mol. The van der Waals surface area contributed by atoms with Gasteiger partial charge in [-0.15, -0.1) is 0 Å². The van der Waals surface area contributed by atoms with Gasteiger partial charge in [0.1, 0.15) is 0 Å². The molecule has 1 rings (SSSR count). The molecule has 0 heterocycles. The zero-order valence-corrected chi connectivity index (χ0v) is 11.7. The largest absolute Gasteiger partial charge is 0.463 e. The van der Waals surface area contributed by atoms with Gasteiger partial charge in [-0.2, -0.15) is 0 Å². The summed E-state index contributed by atoms with van der Waals surface area (Å²) in [5, 5.41) is 0. The Morgan fingerprint density at radius 1 is 1.21 bits per heavy atom. The van der Waals surface area contributed by atoms with Crippen molar-refractivity contribution in [3.8, 4) is 0 Å². The van der Waals surface area contributed by atoms with Crippen LogP contribution >= 0.6 is 0 Å². The molecule has 0 aromatic heterocycles. The Morgan fingerprint density at radius 2 is 1.89 bits per heavy atom. The maximum Gasteiger partial charge on any atom is 0.330 e. The Morgan fingerprint density at radius 3 is 2.47 bits per heavy atom. The summed E-state index contributed by atoms with van der Waals surface area (Å²) in [7, 11) is 1.68. The number of esters is 1. The highest BCUT2D eigenvalue weighted by molar-refractivity contribution is 5.83. The van der Waals surface area contributed by atoms with Crippen molar-refractivity contribution in [3.63, 3.8) is 0 Å². The molecular formula is C16H22O3. The van der Waals surface area contributed by atoms with Crippen molar-refractivity contribution < 1.29 is 14.3 Å². The summed E-state index contributed by atoms with van der Waals surface area (Å²) < 4.78 is 10.1. The maximum absolute atomic E-state index is 11.6. The Kier molecular flexibility index (Phi) is 7.59. The average Bonchev–Trinajstić information content (AvgIpc) is 2.67. The first kappa shape index (κ1) is 15.4. The van der Waals surface area contributed by atoms with Crippen molar-refractivity contribution in [2.75, 3.05) is 20.3 Å². The number of rotatable bonds is 7. The number of carbonyl (C=O) groups is 1. The van der Waals surface area contributed by atoms with E-state index in [-0.39, 0.29) is 11.9 Å². The molecule has 0 atom stereocenters. The molecule has 0 bridgehead atoms. The molecule has 0 unspecified atom stereocenters. The van der Waals surface area contributed by atoms with Gasteiger partial charge >= 0.3 is 5.97 Å². The topological polar surface area (TPSA) is 35.5 Å². The smallest absolute Gasteiger partial charge is 0.330 e. The molecule has 3 heteroatoms. The number of carbonyl (C=O) groups excluding carboxylic acids is 1. The van der Waals surface area contributed by atoms with Crippen molar-refractivity contribution in [3.05, 3.63) is 48.1 Å². The first-order valence-electron chi connectivity index (χ1n) is 6.65. The van der Waals surface area contributed by atoms with Gasteiger partial charge in [0.25, 0.3) is 0 Å². The lowest BCUT2D eigenvalue weighted by Crippen LogP contribution is -2.06. The molecule has 0 aromatic carbocycles. The molecule has 0 amide bonds. The SMILES string of the molecule is CCOC(=O)/C=C(/CCCOC)C1C=CC=CC=C1. The molecule has 0 aliphatic heterocycles. The molecule has 0 radical (unpaired) electrons. The fourth-order valence-electron chi connectivity index (χ4n) is 1.90. The number of hydrogen-bond acceptors (Lipinski definition) is 3. The van der Waals surface area contributed by atoms with Crippen LogP contribution in [0.2, 0.25) is 0 Å². The maximum atomic E-state index is 11.6. The van der Waals surface area contributed by atoms with Crippen molar-refractivity contribution in [1.29, 1.82) is 0 Å². The average molecular weight is 262 g/mol. The van der Waals surface area contributed by atoms with Crippen LogP contribution in [0.5, 0.6) is 0 Å². The van der Waals surface area contributed by atoms with Crippen molar-refractivity contribution in [2.24, 2.45) is 5.92 Å². The molecule has 0 saturated heterocycles. The first-order chi connectivity index (χ1) is 9.27. The van der Waals surface area contributed by atoms with E-state index in [9.17, 15) is 4.79 Å². The number of hydrogen-bond donors (Lipinski definition) is 0. The molecule has 19 heavy (non-hydrogen) atoms. The van der Waals surface area contributed by atoms with Crippen molar-refractivity contribution >= 4 is 5.97 Å². The lowest BCUT2D eigenvalue weighted by Gasteiger charge is -2.13. The second kappa shape index (κ2) is 9.34. The third-order valence-electron chi connectivity index (χ3n) is 2.80. The van der Waals surface area contributed by atoms with E-state index in [1.807, 2.05) is 31.2 Å². The highest BCUT2D eigenvalue weighted by atomic mass is 16.5. The molecule has 3 nitrogen and oxygen atoms in total. The number of allylic oxidation sites excluding steroid dienone is 7. The molecule has 1 aliphatic carbocycles. The van der Waals surface area contributed by atoms with Crippen LogP contribution in [-0.2, 0) is 14.3 Å². The van der Waals surface area contributed by atoms with E-state index < -0.39 is 0 Å². The van der Waals surface area contributed by atoms with Crippen molar-refractivity contribution in [1.82, 2.24) is 0 Å². The predicted molar refractivity (Wildman–Crippen MR) is 76.7 cm³/mol. The summed E-state index contributed by atoms with van der Waals surface area (Å²) in [4.78, 5) is 11.6. The lowest BCUT2D eigenvalue weighted by molar-refractivity contribution is -0.137. The number of ether oxygens (including phenoxy) is 2. The standard InChI is InChI=1S/C16H22O3/c1-3-19-16(17)13-15(11-8-12-18-2)14-9-6-4-5-7-10-14/h4-7,9-10,13-14H,3,8,11-12H2,1-2H3/b15-13-. The van der Waals surface area contributed by atoms with E-state index in [0.717, 1.165) is 18.4 Å². The summed E-state index contributed by atoms with van der Waals surface area (Å²) in [5.41, 5.74) is 1.06. The second-order valence-corrected chi connectivity index (χ2v) is 4.25. The fraction of sp³-hybridized carbons (Fsp3) is 0.438. The van der Waals surface area contributed by atoms with E-state index in [2.05, 4.69) is 12.2 Å². The molecule has 0 spiro atoms. The van der Waals surface area contributed by atoms with Crippen LogP contribution in [0.4, 0.5) is 0 Å². The predicted octanol–water partition coefficient (Wildman–Crippen LogP) is 3.20. The summed E-state index contributed by atoms with van der Waals surface area (Å²) >= 11 is 0. The normalized spacial score (nSPS) is 15.6. The van der Waals surface area contributed by atoms with E-state index in [1.165, 1.54) is 0 Å². The fourth-order valence-corrected chi connectivity index (χ4v) is 1.90. The Bertz CT molecular complexity index is 373. The molecule has 0 saturated carbocycles. The minimum absolute atomic E-state index is 0.149. The second-order valence-electron chi connectivity index (χ2n) is 4.25. The van der Waals surface area contributed by atoms with E-state index in [4.69, 9.17) is 9.47 Å². The van der Waals surface area contributed by atoms with Gasteiger partial charge in [0, 0.05) is 25.7 Å².